The molecule has 0 aliphatic heterocycles. The van der Waals surface area contributed by atoms with Gasteiger partial charge in [0.1, 0.15) is 0 Å². The predicted octanol–water partition coefficient (Wildman–Crippen LogP) is 3.65. The van der Waals surface area contributed by atoms with E-state index in [1.807, 2.05) is 18.2 Å². The zero-order valence-electron chi connectivity index (χ0n) is 12.6. The standard InChI is InChI=1S/C18H20O3S/c1-22(19,20)21-18-13-17(18)12-9-14-7-10-16(11-8-14)15-5-3-2-4-6-15/h2-8,10-11,17-18H,9,12-13H2,1H3. The summed E-state index contributed by atoms with van der Waals surface area (Å²) >= 11 is 0. The van der Waals surface area contributed by atoms with Crippen LogP contribution >= 0.6 is 0 Å². The minimum absolute atomic E-state index is 0.0985. The first-order valence-electron chi connectivity index (χ1n) is 7.54. The number of rotatable bonds is 6. The van der Waals surface area contributed by atoms with E-state index >= 15 is 0 Å². The molecular formula is C18H20O3S. The second-order valence-corrected chi connectivity index (χ2v) is 7.54. The van der Waals surface area contributed by atoms with Crippen molar-refractivity contribution in [3.05, 3.63) is 60.2 Å². The van der Waals surface area contributed by atoms with Gasteiger partial charge in [0.05, 0.1) is 12.4 Å². The molecule has 1 aliphatic carbocycles. The van der Waals surface area contributed by atoms with Crippen LogP contribution in [-0.2, 0) is 20.7 Å². The molecule has 4 heteroatoms. The van der Waals surface area contributed by atoms with Crippen LogP contribution in [0.5, 0.6) is 0 Å². The van der Waals surface area contributed by atoms with Crippen molar-refractivity contribution in [2.24, 2.45) is 5.92 Å². The van der Waals surface area contributed by atoms with Gasteiger partial charge in [-0.15, -0.1) is 0 Å². The van der Waals surface area contributed by atoms with E-state index in [2.05, 4.69) is 36.4 Å². The molecular weight excluding hydrogens is 296 g/mol. The molecule has 2 aromatic carbocycles. The van der Waals surface area contributed by atoms with Crippen molar-refractivity contribution < 1.29 is 12.6 Å². The Morgan fingerprint density at radius 1 is 1.00 bits per heavy atom. The summed E-state index contributed by atoms with van der Waals surface area (Å²) in [5, 5.41) is 0. The van der Waals surface area contributed by atoms with Gasteiger partial charge in [-0.25, -0.2) is 0 Å². The van der Waals surface area contributed by atoms with E-state index < -0.39 is 10.1 Å². The smallest absolute Gasteiger partial charge is 0.264 e. The zero-order valence-corrected chi connectivity index (χ0v) is 13.4. The van der Waals surface area contributed by atoms with Gasteiger partial charge in [-0.2, -0.15) is 8.42 Å². The lowest BCUT2D eigenvalue weighted by Crippen LogP contribution is -2.06. The average molecular weight is 316 g/mol. The van der Waals surface area contributed by atoms with Crippen LogP contribution in [0, 0.1) is 5.92 Å². The molecule has 0 bridgehead atoms. The topological polar surface area (TPSA) is 43.4 Å². The maximum atomic E-state index is 11.1. The highest BCUT2D eigenvalue weighted by Crippen LogP contribution is 2.38. The highest BCUT2D eigenvalue weighted by Gasteiger charge is 2.40. The Labute approximate surface area is 132 Å². The van der Waals surface area contributed by atoms with Crippen molar-refractivity contribution >= 4 is 10.1 Å². The van der Waals surface area contributed by atoms with Crippen LogP contribution in [0.25, 0.3) is 11.1 Å². The van der Waals surface area contributed by atoms with Gasteiger partial charge >= 0.3 is 0 Å². The number of hydrogen-bond donors (Lipinski definition) is 0. The van der Waals surface area contributed by atoms with Gasteiger partial charge in [-0.1, -0.05) is 54.6 Å². The first-order valence-corrected chi connectivity index (χ1v) is 9.35. The SMILES string of the molecule is CS(=O)(=O)OC1CC1CCc1ccc(-c2ccccc2)cc1. The molecule has 0 heterocycles. The Kier molecular flexibility index (Phi) is 4.32. The zero-order chi connectivity index (χ0) is 15.6. The van der Waals surface area contributed by atoms with Crippen LogP contribution in [0.15, 0.2) is 54.6 Å². The van der Waals surface area contributed by atoms with E-state index in [9.17, 15) is 8.42 Å². The molecule has 2 unspecified atom stereocenters. The molecule has 3 nitrogen and oxygen atoms in total. The third kappa shape index (κ3) is 4.18. The van der Waals surface area contributed by atoms with Gasteiger partial charge in [0.2, 0.25) is 0 Å². The molecule has 0 spiro atoms. The normalized spacial score (nSPS) is 20.8. The Bertz CT molecular complexity index is 721. The van der Waals surface area contributed by atoms with Crippen LogP contribution in [0.2, 0.25) is 0 Å². The lowest BCUT2D eigenvalue weighted by Gasteiger charge is -2.05. The van der Waals surface area contributed by atoms with Crippen LogP contribution < -0.4 is 0 Å². The van der Waals surface area contributed by atoms with Gasteiger partial charge in [-0.3, -0.25) is 4.18 Å². The lowest BCUT2D eigenvalue weighted by atomic mass is 10.0. The fourth-order valence-electron chi connectivity index (χ4n) is 2.71. The molecule has 0 radical (unpaired) electrons. The van der Waals surface area contributed by atoms with E-state index in [0.29, 0.717) is 5.92 Å². The summed E-state index contributed by atoms with van der Waals surface area (Å²) in [4.78, 5) is 0. The molecule has 0 aromatic heterocycles. The molecule has 116 valence electrons. The van der Waals surface area contributed by atoms with Gasteiger partial charge in [-0.05, 0) is 41.9 Å². The summed E-state index contributed by atoms with van der Waals surface area (Å²) in [6, 6.07) is 18.9. The summed E-state index contributed by atoms with van der Waals surface area (Å²) < 4.78 is 27.1. The predicted molar refractivity (Wildman–Crippen MR) is 88.0 cm³/mol. The minimum Gasteiger partial charge on any atom is -0.267 e. The van der Waals surface area contributed by atoms with Gasteiger partial charge < -0.3 is 0 Å². The first kappa shape index (κ1) is 15.3. The molecule has 1 aliphatic rings. The molecule has 1 saturated carbocycles. The van der Waals surface area contributed by atoms with Gasteiger partial charge in [0.25, 0.3) is 10.1 Å². The van der Waals surface area contributed by atoms with E-state index in [0.717, 1.165) is 25.5 Å². The maximum Gasteiger partial charge on any atom is 0.264 e. The molecule has 3 rings (SSSR count). The summed E-state index contributed by atoms with van der Waals surface area (Å²) in [5.74, 6) is 0.378. The van der Waals surface area contributed by atoms with Crippen molar-refractivity contribution in [3.8, 4) is 11.1 Å². The Balaban J connectivity index is 1.53. The van der Waals surface area contributed by atoms with E-state index in [1.165, 1.54) is 16.7 Å². The van der Waals surface area contributed by atoms with Crippen molar-refractivity contribution in [1.29, 1.82) is 0 Å². The Morgan fingerprint density at radius 2 is 1.64 bits per heavy atom. The number of benzene rings is 2. The van der Waals surface area contributed by atoms with Crippen molar-refractivity contribution in [1.82, 2.24) is 0 Å². The number of aryl methyl sites for hydroxylation is 1. The summed E-state index contributed by atoms with van der Waals surface area (Å²) in [5.41, 5.74) is 3.72. The quantitative estimate of drug-likeness (QED) is 0.764. The Hall–Kier alpha value is -1.65. The van der Waals surface area contributed by atoms with Crippen molar-refractivity contribution in [2.45, 2.75) is 25.4 Å². The van der Waals surface area contributed by atoms with E-state index in [1.54, 1.807) is 0 Å². The van der Waals surface area contributed by atoms with Gasteiger partial charge in [0, 0.05) is 0 Å². The highest BCUT2D eigenvalue weighted by atomic mass is 32.2. The monoisotopic (exact) mass is 316 g/mol. The minimum atomic E-state index is -3.31. The largest absolute Gasteiger partial charge is 0.267 e. The van der Waals surface area contributed by atoms with E-state index in [-0.39, 0.29) is 6.10 Å². The maximum absolute atomic E-state index is 11.1. The molecule has 0 N–H and O–H groups in total. The summed E-state index contributed by atoms with van der Waals surface area (Å²) in [6.45, 7) is 0. The Morgan fingerprint density at radius 3 is 2.27 bits per heavy atom. The molecule has 22 heavy (non-hydrogen) atoms. The molecule has 1 fully saturated rings. The second-order valence-electron chi connectivity index (χ2n) is 5.94. The van der Waals surface area contributed by atoms with E-state index in [4.69, 9.17) is 4.18 Å². The van der Waals surface area contributed by atoms with Crippen molar-refractivity contribution in [3.63, 3.8) is 0 Å². The summed E-state index contributed by atoms with van der Waals surface area (Å²) in [7, 11) is -3.31. The molecule has 2 aromatic rings. The second kappa shape index (κ2) is 6.23. The molecule has 0 saturated heterocycles. The third-order valence-corrected chi connectivity index (χ3v) is 4.62. The van der Waals surface area contributed by atoms with Crippen LogP contribution in [0.3, 0.4) is 0 Å². The van der Waals surface area contributed by atoms with Gasteiger partial charge in [0.15, 0.2) is 0 Å². The average Bonchev–Trinajstić information content (AvgIpc) is 3.22. The number of hydrogen-bond acceptors (Lipinski definition) is 3. The fraction of sp³-hybridized carbons (Fsp3) is 0.333. The van der Waals surface area contributed by atoms with Crippen LogP contribution in [-0.4, -0.2) is 20.8 Å². The third-order valence-electron chi connectivity index (χ3n) is 4.02. The van der Waals surface area contributed by atoms with Crippen molar-refractivity contribution in [2.75, 3.05) is 6.26 Å². The van der Waals surface area contributed by atoms with Crippen LogP contribution in [0.4, 0.5) is 0 Å². The summed E-state index contributed by atoms with van der Waals surface area (Å²) in [6.07, 6.45) is 3.81. The van der Waals surface area contributed by atoms with Crippen LogP contribution in [0.1, 0.15) is 18.4 Å². The lowest BCUT2D eigenvalue weighted by molar-refractivity contribution is 0.288. The highest BCUT2D eigenvalue weighted by molar-refractivity contribution is 7.86. The first-order chi connectivity index (χ1) is 10.5. The molecule has 0 amide bonds. The molecule has 2 atom stereocenters. The fourth-order valence-corrected chi connectivity index (χ4v) is 3.40.